The van der Waals surface area contributed by atoms with Gasteiger partial charge in [-0.1, -0.05) is 0 Å². The molecule has 0 aromatic rings. The van der Waals surface area contributed by atoms with E-state index in [2.05, 4.69) is 4.90 Å². The largest absolute Gasteiger partial charge is 0.457 e. The summed E-state index contributed by atoms with van der Waals surface area (Å²) in [6, 6.07) is 0. The Morgan fingerprint density at radius 1 is 1.50 bits per heavy atom. The van der Waals surface area contributed by atoms with E-state index in [0.29, 0.717) is 6.61 Å². The average Bonchev–Trinajstić information content (AvgIpc) is 2.05. The second-order valence-electron chi connectivity index (χ2n) is 2.54. The normalized spacial score (nSPS) is 19.1. The molecule has 1 rings (SSSR count). The van der Waals surface area contributed by atoms with Gasteiger partial charge in [-0.3, -0.25) is 4.90 Å². The third kappa shape index (κ3) is 4.22. The van der Waals surface area contributed by atoms with E-state index in [-0.39, 0.29) is 3.98 Å². The second-order valence-corrected chi connectivity index (χ2v) is 3.42. The summed E-state index contributed by atoms with van der Waals surface area (Å²) in [5, 5.41) is 0. The molecule has 1 aliphatic rings. The van der Waals surface area contributed by atoms with Crippen LogP contribution in [0.3, 0.4) is 0 Å². The van der Waals surface area contributed by atoms with Crippen molar-refractivity contribution in [2.45, 2.75) is 0 Å². The van der Waals surface area contributed by atoms with E-state index in [1.165, 1.54) is 0 Å². The quantitative estimate of drug-likeness (QED) is 0.570. The predicted octanol–water partition coefficient (Wildman–Crippen LogP) is 0.890. The Morgan fingerprint density at radius 3 is 2.75 bits per heavy atom. The topological polar surface area (TPSA) is 38.8 Å². The van der Waals surface area contributed by atoms with E-state index in [9.17, 15) is 4.79 Å². The minimum absolute atomic E-state index is 0.235. The highest BCUT2D eigenvalue weighted by molar-refractivity contribution is 14.1. The van der Waals surface area contributed by atoms with Gasteiger partial charge in [0.05, 0.1) is 35.8 Å². The standard InChI is InChI=1S/C7H12INO3/c8-7(10)12-6-3-9-1-4-11-5-2-9/h1-6H2. The Bertz CT molecular complexity index is 148. The number of carbonyl (C=O) groups is 1. The first-order valence-corrected chi connectivity index (χ1v) is 4.99. The minimum Gasteiger partial charge on any atom is -0.457 e. The Morgan fingerprint density at radius 2 is 2.17 bits per heavy atom. The molecule has 0 spiro atoms. The fourth-order valence-electron chi connectivity index (χ4n) is 1.08. The molecule has 0 bridgehead atoms. The zero-order chi connectivity index (χ0) is 8.81. The van der Waals surface area contributed by atoms with Crippen molar-refractivity contribution < 1.29 is 14.3 Å². The van der Waals surface area contributed by atoms with E-state index in [1.54, 1.807) is 22.6 Å². The molecule has 0 aromatic heterocycles. The van der Waals surface area contributed by atoms with Crippen LogP contribution in [-0.4, -0.2) is 48.3 Å². The van der Waals surface area contributed by atoms with Gasteiger partial charge in [0.25, 0.3) is 0 Å². The maximum atomic E-state index is 10.4. The van der Waals surface area contributed by atoms with Gasteiger partial charge in [-0.25, -0.2) is 4.79 Å². The molecule has 1 fully saturated rings. The van der Waals surface area contributed by atoms with E-state index in [0.717, 1.165) is 32.8 Å². The van der Waals surface area contributed by atoms with Crippen molar-refractivity contribution >= 4 is 26.6 Å². The maximum Gasteiger partial charge on any atom is 0.367 e. The number of halogens is 1. The van der Waals surface area contributed by atoms with Crippen LogP contribution in [0.4, 0.5) is 4.79 Å². The molecule has 0 saturated carbocycles. The van der Waals surface area contributed by atoms with Gasteiger partial charge >= 0.3 is 3.98 Å². The Hall–Kier alpha value is 0.120. The van der Waals surface area contributed by atoms with Crippen molar-refractivity contribution in [1.82, 2.24) is 4.90 Å². The molecule has 0 atom stereocenters. The third-order valence-corrected chi connectivity index (χ3v) is 2.04. The molecule has 0 aliphatic carbocycles. The van der Waals surface area contributed by atoms with Gasteiger partial charge in [0, 0.05) is 19.6 Å². The number of carbonyl (C=O) groups excluding carboxylic acids is 1. The van der Waals surface area contributed by atoms with Crippen LogP contribution in [0.1, 0.15) is 0 Å². The second kappa shape index (κ2) is 5.71. The van der Waals surface area contributed by atoms with Gasteiger partial charge < -0.3 is 9.47 Å². The molecule has 0 N–H and O–H groups in total. The smallest absolute Gasteiger partial charge is 0.367 e. The first-order valence-electron chi connectivity index (χ1n) is 3.91. The lowest BCUT2D eigenvalue weighted by Crippen LogP contribution is -2.38. The molecule has 1 saturated heterocycles. The summed E-state index contributed by atoms with van der Waals surface area (Å²) in [7, 11) is 0. The van der Waals surface area contributed by atoms with Gasteiger partial charge in [0.1, 0.15) is 6.61 Å². The van der Waals surface area contributed by atoms with Crippen LogP contribution in [0.25, 0.3) is 0 Å². The van der Waals surface area contributed by atoms with E-state index >= 15 is 0 Å². The van der Waals surface area contributed by atoms with Gasteiger partial charge in [-0.15, -0.1) is 0 Å². The summed E-state index contributed by atoms with van der Waals surface area (Å²) in [4.78, 5) is 12.6. The SMILES string of the molecule is O=C(I)OCCN1CCOCC1. The van der Waals surface area contributed by atoms with E-state index < -0.39 is 0 Å². The van der Waals surface area contributed by atoms with Crippen LogP contribution in [0, 0.1) is 0 Å². The zero-order valence-corrected chi connectivity index (χ0v) is 8.95. The van der Waals surface area contributed by atoms with Gasteiger partial charge in [-0.05, 0) is 0 Å². The fourth-order valence-corrected chi connectivity index (χ4v) is 1.30. The molecular weight excluding hydrogens is 273 g/mol. The van der Waals surface area contributed by atoms with Crippen LogP contribution < -0.4 is 0 Å². The zero-order valence-electron chi connectivity index (χ0n) is 6.79. The first kappa shape index (κ1) is 10.2. The molecule has 0 unspecified atom stereocenters. The summed E-state index contributed by atoms with van der Waals surface area (Å²) in [5.41, 5.74) is 0. The van der Waals surface area contributed by atoms with Crippen LogP contribution in [0.15, 0.2) is 0 Å². The number of rotatable bonds is 3. The molecule has 4 nitrogen and oxygen atoms in total. The van der Waals surface area contributed by atoms with E-state index in [4.69, 9.17) is 9.47 Å². The van der Waals surface area contributed by atoms with Gasteiger partial charge in [0.2, 0.25) is 0 Å². The molecule has 0 radical (unpaired) electrons. The molecule has 1 heterocycles. The number of hydrogen-bond donors (Lipinski definition) is 0. The first-order chi connectivity index (χ1) is 5.79. The van der Waals surface area contributed by atoms with Gasteiger partial charge in [-0.2, -0.15) is 0 Å². The third-order valence-electron chi connectivity index (χ3n) is 1.73. The van der Waals surface area contributed by atoms with Crippen molar-refractivity contribution in [3.63, 3.8) is 0 Å². The van der Waals surface area contributed by atoms with Crippen molar-refractivity contribution in [3.05, 3.63) is 0 Å². The summed E-state index contributed by atoms with van der Waals surface area (Å²) in [6.07, 6.45) is 0. The molecule has 0 amide bonds. The molecule has 0 aromatic carbocycles. The average molecular weight is 285 g/mol. The molecular formula is C7H12INO3. The highest BCUT2D eigenvalue weighted by atomic mass is 127. The van der Waals surface area contributed by atoms with Crippen LogP contribution in [-0.2, 0) is 9.47 Å². The Kier molecular flexibility index (Phi) is 4.86. The fraction of sp³-hybridized carbons (Fsp3) is 0.857. The summed E-state index contributed by atoms with van der Waals surface area (Å²) in [5.74, 6) is 0. The lowest BCUT2D eigenvalue weighted by Gasteiger charge is -2.25. The number of nitrogens with zero attached hydrogens (tertiary/aromatic N) is 1. The number of morpholine rings is 1. The van der Waals surface area contributed by atoms with Crippen LogP contribution in [0.2, 0.25) is 0 Å². The van der Waals surface area contributed by atoms with Crippen LogP contribution >= 0.6 is 22.6 Å². The monoisotopic (exact) mass is 285 g/mol. The van der Waals surface area contributed by atoms with Gasteiger partial charge in [0.15, 0.2) is 0 Å². The van der Waals surface area contributed by atoms with Crippen molar-refractivity contribution in [2.24, 2.45) is 0 Å². The molecule has 5 heteroatoms. The van der Waals surface area contributed by atoms with Crippen LogP contribution in [0.5, 0.6) is 0 Å². The highest BCUT2D eigenvalue weighted by Gasteiger charge is 2.09. The minimum atomic E-state index is -0.235. The lowest BCUT2D eigenvalue weighted by atomic mass is 10.4. The summed E-state index contributed by atoms with van der Waals surface area (Å²) >= 11 is 1.63. The Balaban J connectivity index is 2.01. The number of ether oxygens (including phenoxy) is 2. The number of hydrogen-bond acceptors (Lipinski definition) is 4. The summed E-state index contributed by atoms with van der Waals surface area (Å²) < 4.78 is 9.75. The molecule has 12 heavy (non-hydrogen) atoms. The molecule has 1 aliphatic heterocycles. The summed E-state index contributed by atoms with van der Waals surface area (Å²) in [6.45, 7) is 4.77. The van der Waals surface area contributed by atoms with Crippen molar-refractivity contribution in [1.29, 1.82) is 0 Å². The van der Waals surface area contributed by atoms with Crippen molar-refractivity contribution in [3.8, 4) is 0 Å². The molecule has 70 valence electrons. The predicted molar refractivity (Wildman–Crippen MR) is 52.6 cm³/mol. The lowest BCUT2D eigenvalue weighted by molar-refractivity contribution is 0.0299. The maximum absolute atomic E-state index is 10.4. The Labute approximate surface area is 85.3 Å². The highest BCUT2D eigenvalue weighted by Crippen LogP contribution is 1.97. The van der Waals surface area contributed by atoms with E-state index in [1.807, 2.05) is 0 Å². The van der Waals surface area contributed by atoms with Crippen molar-refractivity contribution in [2.75, 3.05) is 39.5 Å².